The molecule has 1 N–H and O–H groups in total. The molecule has 1 saturated heterocycles. The van der Waals surface area contributed by atoms with Crippen molar-refractivity contribution in [1.82, 2.24) is 15.0 Å². The van der Waals surface area contributed by atoms with Crippen LogP contribution in [-0.4, -0.2) is 46.9 Å². The highest BCUT2D eigenvalue weighted by molar-refractivity contribution is 5.68. The lowest BCUT2D eigenvalue weighted by Gasteiger charge is -2.32. The first-order valence-electron chi connectivity index (χ1n) is 9.56. The minimum atomic E-state index is 0.260. The fraction of sp³-hybridized carbons (Fsp3) is 0.318. The average Bonchev–Trinajstić information content (AvgIpc) is 2.79. The zero-order valence-corrected chi connectivity index (χ0v) is 16.0. The van der Waals surface area contributed by atoms with Gasteiger partial charge in [0.05, 0.1) is 12.8 Å². The largest absolute Gasteiger partial charge is 0.497 e. The Morgan fingerprint density at radius 3 is 2.50 bits per heavy atom. The van der Waals surface area contributed by atoms with Gasteiger partial charge in [-0.3, -0.25) is 4.98 Å². The van der Waals surface area contributed by atoms with E-state index in [-0.39, 0.29) is 6.61 Å². The molecule has 144 valence electrons. The van der Waals surface area contributed by atoms with Crippen LogP contribution in [0.25, 0.3) is 22.6 Å². The number of aliphatic hydroxyl groups is 1. The molecular formula is C22H24N4O2. The Morgan fingerprint density at radius 2 is 1.86 bits per heavy atom. The van der Waals surface area contributed by atoms with Crippen LogP contribution in [0.3, 0.4) is 0 Å². The molecule has 3 heterocycles. The average molecular weight is 376 g/mol. The highest BCUT2D eigenvalue weighted by Crippen LogP contribution is 2.29. The zero-order valence-electron chi connectivity index (χ0n) is 16.0. The summed E-state index contributed by atoms with van der Waals surface area (Å²) >= 11 is 0. The highest BCUT2D eigenvalue weighted by atomic mass is 16.5. The molecule has 0 amide bonds. The monoisotopic (exact) mass is 376 g/mol. The summed E-state index contributed by atoms with van der Waals surface area (Å²) < 4.78 is 5.27. The minimum absolute atomic E-state index is 0.260. The molecule has 0 saturated carbocycles. The molecule has 1 aliphatic rings. The van der Waals surface area contributed by atoms with Crippen molar-refractivity contribution in [3.63, 3.8) is 0 Å². The highest BCUT2D eigenvalue weighted by Gasteiger charge is 2.21. The van der Waals surface area contributed by atoms with Gasteiger partial charge in [-0.15, -0.1) is 0 Å². The number of pyridine rings is 1. The zero-order chi connectivity index (χ0) is 19.3. The van der Waals surface area contributed by atoms with Gasteiger partial charge in [0.1, 0.15) is 11.6 Å². The van der Waals surface area contributed by atoms with Crippen LogP contribution in [0.1, 0.15) is 12.8 Å². The molecule has 0 spiro atoms. The maximum absolute atomic E-state index is 9.41. The molecule has 1 fully saturated rings. The van der Waals surface area contributed by atoms with Crippen molar-refractivity contribution in [1.29, 1.82) is 0 Å². The van der Waals surface area contributed by atoms with E-state index in [4.69, 9.17) is 14.7 Å². The van der Waals surface area contributed by atoms with E-state index >= 15 is 0 Å². The van der Waals surface area contributed by atoms with Gasteiger partial charge in [-0.1, -0.05) is 0 Å². The Balaban J connectivity index is 1.73. The first-order valence-corrected chi connectivity index (χ1v) is 9.56. The van der Waals surface area contributed by atoms with Crippen LogP contribution >= 0.6 is 0 Å². The predicted octanol–water partition coefficient (Wildman–Crippen LogP) is 3.42. The fourth-order valence-corrected chi connectivity index (χ4v) is 3.47. The molecule has 1 aliphatic heterocycles. The summed E-state index contributed by atoms with van der Waals surface area (Å²) in [7, 11) is 1.66. The molecule has 6 heteroatoms. The summed E-state index contributed by atoms with van der Waals surface area (Å²) in [4.78, 5) is 16.1. The molecule has 6 nitrogen and oxygen atoms in total. The third-order valence-corrected chi connectivity index (χ3v) is 5.21. The molecule has 2 aromatic heterocycles. The second-order valence-corrected chi connectivity index (χ2v) is 7.02. The SMILES string of the molecule is COc1ccc(-c2cc(N3CCC(CO)CC3)nc(-c3cccnc3)n2)cc1. The molecule has 0 unspecified atom stereocenters. The van der Waals surface area contributed by atoms with E-state index < -0.39 is 0 Å². The van der Waals surface area contributed by atoms with E-state index in [9.17, 15) is 5.11 Å². The number of aliphatic hydroxyl groups excluding tert-OH is 1. The molecule has 4 rings (SSSR count). The van der Waals surface area contributed by atoms with Crippen LogP contribution in [0, 0.1) is 5.92 Å². The molecule has 0 radical (unpaired) electrons. The Bertz CT molecular complexity index is 908. The molecule has 0 bridgehead atoms. The van der Waals surface area contributed by atoms with Gasteiger partial charge in [0, 0.05) is 49.3 Å². The number of aromatic nitrogens is 3. The number of anilines is 1. The maximum Gasteiger partial charge on any atom is 0.163 e. The maximum atomic E-state index is 9.41. The van der Waals surface area contributed by atoms with Crippen molar-refractivity contribution in [2.75, 3.05) is 31.7 Å². The normalized spacial score (nSPS) is 14.9. The third-order valence-electron chi connectivity index (χ3n) is 5.21. The summed E-state index contributed by atoms with van der Waals surface area (Å²) in [6, 6.07) is 13.8. The number of hydrogen-bond donors (Lipinski definition) is 1. The van der Waals surface area contributed by atoms with Crippen molar-refractivity contribution in [3.8, 4) is 28.4 Å². The Kier molecular flexibility index (Phi) is 5.48. The number of hydrogen-bond acceptors (Lipinski definition) is 6. The second kappa shape index (κ2) is 8.35. The van der Waals surface area contributed by atoms with E-state index in [2.05, 4.69) is 9.88 Å². The van der Waals surface area contributed by atoms with E-state index in [1.165, 1.54) is 0 Å². The van der Waals surface area contributed by atoms with Gasteiger partial charge in [-0.2, -0.15) is 0 Å². The van der Waals surface area contributed by atoms with Crippen molar-refractivity contribution >= 4 is 5.82 Å². The van der Waals surface area contributed by atoms with Gasteiger partial charge in [-0.25, -0.2) is 9.97 Å². The number of rotatable bonds is 5. The predicted molar refractivity (Wildman–Crippen MR) is 109 cm³/mol. The number of piperidine rings is 1. The van der Waals surface area contributed by atoms with Crippen LogP contribution in [0.15, 0.2) is 54.9 Å². The van der Waals surface area contributed by atoms with Gasteiger partial charge >= 0.3 is 0 Å². The molecule has 1 aromatic carbocycles. The van der Waals surface area contributed by atoms with Crippen LogP contribution in [-0.2, 0) is 0 Å². The molecule has 0 aliphatic carbocycles. The van der Waals surface area contributed by atoms with E-state index in [0.29, 0.717) is 11.7 Å². The molecule has 28 heavy (non-hydrogen) atoms. The summed E-state index contributed by atoms with van der Waals surface area (Å²) in [5.74, 6) is 2.78. The van der Waals surface area contributed by atoms with Crippen LogP contribution in [0.2, 0.25) is 0 Å². The Labute approximate surface area is 164 Å². The number of nitrogens with zero attached hydrogens (tertiary/aromatic N) is 4. The standard InChI is InChI=1S/C22H24N4O2/c1-28-19-6-4-17(5-7-19)20-13-21(26-11-8-16(15-27)9-12-26)25-22(24-20)18-3-2-10-23-14-18/h2-7,10,13-14,16,27H,8-9,11-12,15H2,1H3. The number of methoxy groups -OCH3 is 1. The van der Waals surface area contributed by atoms with Crippen LogP contribution in [0.5, 0.6) is 5.75 Å². The minimum Gasteiger partial charge on any atom is -0.497 e. The van der Waals surface area contributed by atoms with Crippen molar-refractivity contribution in [3.05, 3.63) is 54.9 Å². The van der Waals surface area contributed by atoms with Gasteiger partial charge in [-0.05, 0) is 55.2 Å². The summed E-state index contributed by atoms with van der Waals surface area (Å²) in [6.07, 6.45) is 5.48. The van der Waals surface area contributed by atoms with Gasteiger partial charge < -0.3 is 14.7 Å². The topological polar surface area (TPSA) is 71.4 Å². The van der Waals surface area contributed by atoms with E-state index in [0.717, 1.165) is 54.3 Å². The van der Waals surface area contributed by atoms with E-state index in [1.807, 2.05) is 42.5 Å². The third kappa shape index (κ3) is 3.97. The van der Waals surface area contributed by atoms with E-state index in [1.54, 1.807) is 19.5 Å². The Hall–Kier alpha value is -2.99. The first-order chi connectivity index (χ1) is 13.8. The second-order valence-electron chi connectivity index (χ2n) is 7.02. The number of ether oxygens (including phenoxy) is 1. The van der Waals surface area contributed by atoms with Crippen molar-refractivity contribution in [2.24, 2.45) is 5.92 Å². The van der Waals surface area contributed by atoms with Gasteiger partial charge in [0.2, 0.25) is 0 Å². The molecule has 0 atom stereocenters. The van der Waals surface area contributed by atoms with Gasteiger partial charge in [0.25, 0.3) is 0 Å². The first kappa shape index (κ1) is 18.4. The van der Waals surface area contributed by atoms with Gasteiger partial charge in [0.15, 0.2) is 5.82 Å². The Morgan fingerprint density at radius 1 is 1.07 bits per heavy atom. The molecule has 3 aromatic rings. The van der Waals surface area contributed by atoms with Crippen LogP contribution < -0.4 is 9.64 Å². The van der Waals surface area contributed by atoms with Crippen LogP contribution in [0.4, 0.5) is 5.82 Å². The van der Waals surface area contributed by atoms with Crippen molar-refractivity contribution in [2.45, 2.75) is 12.8 Å². The lowest BCUT2D eigenvalue weighted by molar-refractivity contribution is 0.203. The smallest absolute Gasteiger partial charge is 0.163 e. The summed E-state index contributed by atoms with van der Waals surface area (Å²) in [5, 5.41) is 9.41. The molecular weight excluding hydrogens is 352 g/mol. The number of benzene rings is 1. The lowest BCUT2D eigenvalue weighted by Crippen LogP contribution is -2.35. The summed E-state index contributed by atoms with van der Waals surface area (Å²) in [6.45, 7) is 2.03. The fourth-order valence-electron chi connectivity index (χ4n) is 3.47. The van der Waals surface area contributed by atoms with Crippen molar-refractivity contribution < 1.29 is 9.84 Å². The summed E-state index contributed by atoms with van der Waals surface area (Å²) in [5.41, 5.74) is 2.78. The quantitative estimate of drug-likeness (QED) is 0.736. The lowest BCUT2D eigenvalue weighted by atomic mass is 9.98.